The zero-order valence-electron chi connectivity index (χ0n) is 19.8. The first-order valence-electron chi connectivity index (χ1n) is 12.0. The van der Waals surface area contributed by atoms with Crippen molar-refractivity contribution in [3.63, 3.8) is 0 Å². The molecule has 3 nitrogen and oxygen atoms in total. The van der Waals surface area contributed by atoms with Crippen LogP contribution >= 0.6 is 0 Å². The van der Waals surface area contributed by atoms with E-state index in [1.165, 1.54) is 21.5 Å². The van der Waals surface area contributed by atoms with Crippen molar-refractivity contribution in [1.29, 1.82) is 0 Å². The molecule has 0 aliphatic heterocycles. The maximum absolute atomic E-state index is 10.3. The Kier molecular flexibility index (Phi) is 6.04. The third-order valence-electron chi connectivity index (χ3n) is 7.18. The van der Waals surface area contributed by atoms with Crippen molar-refractivity contribution < 1.29 is 5.11 Å². The number of hydrogen-bond donors (Lipinski definition) is 1. The van der Waals surface area contributed by atoms with Gasteiger partial charge in [0.05, 0.1) is 23.7 Å². The number of aliphatic hydroxyl groups excluding tert-OH is 1. The molecule has 4 aromatic carbocycles. The summed E-state index contributed by atoms with van der Waals surface area (Å²) in [6.07, 6.45) is 1.66. The Hall–Kier alpha value is -3.69. The van der Waals surface area contributed by atoms with Gasteiger partial charge in [0.25, 0.3) is 0 Å². The first-order chi connectivity index (χ1) is 16.7. The second kappa shape index (κ2) is 9.28. The molecule has 0 saturated carbocycles. The predicted molar refractivity (Wildman–Crippen MR) is 143 cm³/mol. The fraction of sp³-hybridized carbons (Fsp3) is 0.194. The van der Waals surface area contributed by atoms with Gasteiger partial charge in [-0.1, -0.05) is 92.7 Å². The van der Waals surface area contributed by atoms with Crippen molar-refractivity contribution in [3.05, 3.63) is 109 Å². The molecule has 170 valence electrons. The summed E-state index contributed by atoms with van der Waals surface area (Å²) < 4.78 is 0. The number of aliphatic hydroxyl groups is 1. The van der Waals surface area contributed by atoms with Crippen LogP contribution in [-0.2, 0) is 5.41 Å². The predicted octanol–water partition coefficient (Wildman–Crippen LogP) is 7.91. The number of fused-ring (bicyclic) bond motifs is 2. The van der Waals surface area contributed by atoms with E-state index in [0.29, 0.717) is 0 Å². The second-order valence-electron chi connectivity index (χ2n) is 8.86. The SMILES string of the molecule is CCC(CC)(CO)c1cccc(N(c2cccc3ccccc23)c2cccc3ccccc23)n1. The largest absolute Gasteiger partial charge is 0.395 e. The molecule has 1 heterocycles. The number of pyridine rings is 1. The van der Waals surface area contributed by atoms with Gasteiger partial charge in [-0.2, -0.15) is 0 Å². The van der Waals surface area contributed by atoms with Crippen LogP contribution in [0.15, 0.2) is 103 Å². The van der Waals surface area contributed by atoms with Crippen molar-refractivity contribution in [2.75, 3.05) is 11.5 Å². The molecule has 0 radical (unpaired) electrons. The smallest absolute Gasteiger partial charge is 0.137 e. The van der Waals surface area contributed by atoms with Crippen molar-refractivity contribution in [2.24, 2.45) is 0 Å². The molecule has 0 aliphatic carbocycles. The molecule has 0 atom stereocenters. The molecule has 1 aromatic heterocycles. The number of benzene rings is 4. The number of nitrogens with zero attached hydrogens (tertiary/aromatic N) is 2. The van der Waals surface area contributed by atoms with E-state index < -0.39 is 0 Å². The first-order valence-corrected chi connectivity index (χ1v) is 12.0. The zero-order chi connectivity index (χ0) is 23.5. The molecule has 0 spiro atoms. The lowest BCUT2D eigenvalue weighted by atomic mass is 9.79. The molecule has 0 amide bonds. The number of rotatable bonds is 7. The maximum atomic E-state index is 10.3. The zero-order valence-corrected chi connectivity index (χ0v) is 19.8. The van der Waals surface area contributed by atoms with E-state index in [0.717, 1.165) is 35.7 Å². The Bertz CT molecular complexity index is 1340. The van der Waals surface area contributed by atoms with E-state index in [-0.39, 0.29) is 12.0 Å². The molecule has 5 aromatic rings. The lowest BCUT2D eigenvalue weighted by molar-refractivity contribution is 0.179. The summed E-state index contributed by atoms with van der Waals surface area (Å²) in [6.45, 7) is 4.33. The summed E-state index contributed by atoms with van der Waals surface area (Å²) in [7, 11) is 0. The van der Waals surface area contributed by atoms with Crippen LogP contribution in [0.1, 0.15) is 32.4 Å². The van der Waals surface area contributed by atoms with Gasteiger partial charge in [-0.25, -0.2) is 4.98 Å². The van der Waals surface area contributed by atoms with Crippen LogP contribution in [0.4, 0.5) is 17.2 Å². The van der Waals surface area contributed by atoms with E-state index in [4.69, 9.17) is 4.98 Å². The molecule has 0 fully saturated rings. The van der Waals surface area contributed by atoms with E-state index in [1.807, 2.05) is 0 Å². The van der Waals surface area contributed by atoms with E-state index >= 15 is 0 Å². The molecule has 0 aliphatic rings. The highest BCUT2D eigenvalue weighted by Crippen LogP contribution is 2.42. The quantitative estimate of drug-likeness (QED) is 0.276. The number of hydrogen-bond acceptors (Lipinski definition) is 3. The summed E-state index contributed by atoms with van der Waals surface area (Å²) in [5, 5.41) is 15.0. The van der Waals surface area contributed by atoms with E-state index in [9.17, 15) is 5.11 Å². The van der Waals surface area contributed by atoms with Crippen LogP contribution in [0.2, 0.25) is 0 Å². The number of aromatic nitrogens is 1. The van der Waals surface area contributed by atoms with Crippen LogP contribution in [-0.4, -0.2) is 16.7 Å². The summed E-state index contributed by atoms with van der Waals surface area (Å²) >= 11 is 0. The maximum Gasteiger partial charge on any atom is 0.137 e. The van der Waals surface area contributed by atoms with E-state index in [2.05, 4.69) is 122 Å². The molecule has 1 N–H and O–H groups in total. The third kappa shape index (κ3) is 3.72. The Morgan fingerprint density at radius 1 is 0.647 bits per heavy atom. The van der Waals surface area contributed by atoms with Crippen molar-refractivity contribution in [3.8, 4) is 0 Å². The Balaban J connectivity index is 1.81. The van der Waals surface area contributed by atoms with Crippen LogP contribution in [0.25, 0.3) is 21.5 Å². The van der Waals surface area contributed by atoms with Gasteiger partial charge in [0, 0.05) is 16.2 Å². The van der Waals surface area contributed by atoms with Crippen molar-refractivity contribution >= 4 is 38.7 Å². The number of anilines is 3. The lowest BCUT2D eigenvalue weighted by Crippen LogP contribution is -2.30. The molecular weight excluding hydrogens is 416 g/mol. The molecular formula is C31H30N2O. The summed E-state index contributed by atoms with van der Waals surface area (Å²) in [5.74, 6) is 0.852. The Labute approximate surface area is 201 Å². The first kappa shape index (κ1) is 22.1. The van der Waals surface area contributed by atoms with Gasteiger partial charge >= 0.3 is 0 Å². The summed E-state index contributed by atoms with van der Waals surface area (Å²) in [5.41, 5.74) is 2.76. The summed E-state index contributed by atoms with van der Waals surface area (Å²) in [6, 6.07) is 36.0. The Morgan fingerprint density at radius 2 is 1.15 bits per heavy atom. The highest BCUT2D eigenvalue weighted by atomic mass is 16.3. The van der Waals surface area contributed by atoms with Gasteiger partial charge < -0.3 is 5.11 Å². The van der Waals surface area contributed by atoms with Gasteiger partial charge in [0.1, 0.15) is 5.82 Å². The standard InChI is InChI=1S/C31H30N2O/c1-3-31(4-2,22-34)29-20-11-21-30(32-29)33(27-18-9-14-23-12-5-7-16-25(23)27)28-19-10-15-24-13-6-8-17-26(24)28/h5-21,34H,3-4,22H2,1-2H3. The van der Waals surface area contributed by atoms with Gasteiger partial charge in [-0.15, -0.1) is 0 Å². The van der Waals surface area contributed by atoms with Crippen molar-refractivity contribution in [1.82, 2.24) is 4.98 Å². The third-order valence-corrected chi connectivity index (χ3v) is 7.18. The minimum Gasteiger partial charge on any atom is -0.395 e. The lowest BCUT2D eigenvalue weighted by Gasteiger charge is -2.31. The van der Waals surface area contributed by atoms with Gasteiger partial charge in [0.15, 0.2) is 0 Å². The average molecular weight is 447 g/mol. The van der Waals surface area contributed by atoms with Gasteiger partial charge in [0.2, 0.25) is 0 Å². The molecule has 34 heavy (non-hydrogen) atoms. The fourth-order valence-corrected chi connectivity index (χ4v) is 4.94. The van der Waals surface area contributed by atoms with Crippen LogP contribution in [0.3, 0.4) is 0 Å². The highest BCUT2D eigenvalue weighted by molar-refractivity contribution is 6.04. The minimum atomic E-state index is -0.348. The fourth-order valence-electron chi connectivity index (χ4n) is 4.94. The van der Waals surface area contributed by atoms with Gasteiger partial charge in [-0.3, -0.25) is 4.90 Å². The van der Waals surface area contributed by atoms with Crippen LogP contribution in [0.5, 0.6) is 0 Å². The Morgan fingerprint density at radius 3 is 1.68 bits per heavy atom. The average Bonchev–Trinajstić information content (AvgIpc) is 2.91. The van der Waals surface area contributed by atoms with Gasteiger partial charge in [-0.05, 0) is 47.9 Å². The van der Waals surface area contributed by atoms with E-state index in [1.54, 1.807) is 0 Å². The normalized spacial score (nSPS) is 11.7. The molecule has 0 bridgehead atoms. The topological polar surface area (TPSA) is 36.4 Å². The molecule has 0 unspecified atom stereocenters. The van der Waals surface area contributed by atoms with Crippen LogP contribution in [0, 0.1) is 0 Å². The molecule has 5 rings (SSSR count). The molecule has 3 heteroatoms. The highest BCUT2D eigenvalue weighted by Gasteiger charge is 2.30. The minimum absolute atomic E-state index is 0.0823. The molecule has 0 saturated heterocycles. The van der Waals surface area contributed by atoms with Crippen molar-refractivity contribution in [2.45, 2.75) is 32.1 Å². The monoisotopic (exact) mass is 446 g/mol. The second-order valence-corrected chi connectivity index (χ2v) is 8.86. The van der Waals surface area contributed by atoms with Crippen LogP contribution < -0.4 is 4.90 Å². The summed E-state index contributed by atoms with van der Waals surface area (Å²) in [4.78, 5) is 7.46.